The normalized spacial score (nSPS) is 12.4. The van der Waals surface area contributed by atoms with Crippen LogP contribution in [-0.2, 0) is 6.42 Å². The Morgan fingerprint density at radius 3 is 2.00 bits per heavy atom. The van der Waals surface area contributed by atoms with Gasteiger partial charge in [-0.1, -0.05) is 35.3 Å². The second kappa shape index (κ2) is 6.53. The van der Waals surface area contributed by atoms with E-state index in [1.54, 1.807) is 25.2 Å². The fourth-order valence-corrected chi connectivity index (χ4v) is 2.78. The molecule has 0 fully saturated rings. The van der Waals surface area contributed by atoms with Gasteiger partial charge in [0.2, 0.25) is 0 Å². The number of likely N-dealkylation sites (N-methyl/N-ethyl adjacent to an activating group) is 1. The van der Waals surface area contributed by atoms with Crippen molar-refractivity contribution >= 4 is 23.2 Å². The van der Waals surface area contributed by atoms with Crippen molar-refractivity contribution in [2.75, 3.05) is 7.05 Å². The summed E-state index contributed by atoms with van der Waals surface area (Å²) in [6.07, 6.45) is 0.123. The lowest BCUT2D eigenvalue weighted by molar-refractivity contribution is 0.515. The average Bonchev–Trinajstić information content (AvgIpc) is 2.40. The molecule has 1 N–H and O–H groups in total. The van der Waals surface area contributed by atoms with Crippen molar-refractivity contribution < 1.29 is 8.78 Å². The molecule has 0 aliphatic carbocycles. The monoisotopic (exact) mass is 315 g/mol. The minimum atomic E-state index is -0.576. The first-order valence-electron chi connectivity index (χ1n) is 6.08. The highest BCUT2D eigenvalue weighted by atomic mass is 35.5. The summed E-state index contributed by atoms with van der Waals surface area (Å²) in [5, 5.41) is 3.93. The van der Waals surface area contributed by atoms with Crippen LogP contribution in [0.2, 0.25) is 10.0 Å². The molecule has 0 radical (unpaired) electrons. The van der Waals surface area contributed by atoms with E-state index in [9.17, 15) is 8.78 Å². The zero-order chi connectivity index (χ0) is 14.7. The van der Waals surface area contributed by atoms with E-state index < -0.39 is 11.6 Å². The maximum Gasteiger partial charge on any atom is 0.129 e. The Kier molecular flexibility index (Phi) is 4.97. The minimum Gasteiger partial charge on any atom is -0.313 e. The molecule has 2 aromatic rings. The van der Waals surface area contributed by atoms with Crippen molar-refractivity contribution in [3.8, 4) is 0 Å². The molecule has 0 aliphatic heterocycles. The Hall–Kier alpha value is -1.16. The van der Waals surface area contributed by atoms with Crippen molar-refractivity contribution in [2.45, 2.75) is 12.5 Å². The highest BCUT2D eigenvalue weighted by Gasteiger charge is 2.20. The van der Waals surface area contributed by atoms with Crippen LogP contribution in [0.25, 0.3) is 0 Å². The highest BCUT2D eigenvalue weighted by molar-refractivity contribution is 6.36. The van der Waals surface area contributed by atoms with Crippen molar-refractivity contribution in [1.82, 2.24) is 5.32 Å². The van der Waals surface area contributed by atoms with Gasteiger partial charge in [0.25, 0.3) is 0 Å². The van der Waals surface area contributed by atoms with Gasteiger partial charge in [0.05, 0.1) is 0 Å². The number of rotatable bonds is 4. The molecule has 0 saturated carbocycles. The molecular weight excluding hydrogens is 303 g/mol. The Labute approximate surface area is 126 Å². The molecule has 106 valence electrons. The molecule has 2 aromatic carbocycles. The third-order valence-corrected chi connectivity index (χ3v) is 3.83. The largest absolute Gasteiger partial charge is 0.313 e. The first kappa shape index (κ1) is 15.2. The lowest BCUT2D eigenvalue weighted by atomic mass is 9.98. The first-order valence-corrected chi connectivity index (χ1v) is 6.84. The molecule has 0 aromatic heterocycles. The molecule has 1 unspecified atom stereocenters. The van der Waals surface area contributed by atoms with Gasteiger partial charge in [-0.15, -0.1) is 0 Å². The van der Waals surface area contributed by atoms with Crippen LogP contribution in [0.3, 0.4) is 0 Å². The smallest absolute Gasteiger partial charge is 0.129 e. The van der Waals surface area contributed by atoms with E-state index in [0.717, 1.165) is 0 Å². The van der Waals surface area contributed by atoms with Crippen LogP contribution in [0.1, 0.15) is 17.2 Å². The summed E-state index contributed by atoms with van der Waals surface area (Å²) in [6, 6.07) is 8.56. The van der Waals surface area contributed by atoms with Crippen molar-refractivity contribution in [3.63, 3.8) is 0 Å². The predicted molar refractivity (Wildman–Crippen MR) is 78.3 cm³/mol. The minimum absolute atomic E-state index is 0.0165. The van der Waals surface area contributed by atoms with E-state index in [4.69, 9.17) is 23.2 Å². The molecule has 0 amide bonds. The molecule has 1 nitrogen and oxygen atoms in total. The van der Waals surface area contributed by atoms with Crippen LogP contribution in [0.15, 0.2) is 36.4 Å². The van der Waals surface area contributed by atoms with Gasteiger partial charge in [-0.05, 0) is 37.7 Å². The molecule has 0 heterocycles. The van der Waals surface area contributed by atoms with Crippen LogP contribution in [0, 0.1) is 11.6 Å². The quantitative estimate of drug-likeness (QED) is 0.856. The molecule has 0 saturated heterocycles. The Morgan fingerprint density at radius 1 is 1.00 bits per heavy atom. The van der Waals surface area contributed by atoms with Gasteiger partial charge in [-0.25, -0.2) is 8.78 Å². The van der Waals surface area contributed by atoms with Gasteiger partial charge < -0.3 is 5.32 Å². The summed E-state index contributed by atoms with van der Waals surface area (Å²) in [5.41, 5.74) is 0.656. The Balaban J connectivity index is 2.39. The SMILES string of the molecule is CNC(Cc1c(F)cccc1F)c1c(Cl)cccc1Cl. The standard InChI is InChI=1S/C15H13Cl2F2N/c1-20-14(15-10(16)4-2-5-11(15)17)8-9-12(18)6-3-7-13(9)19/h2-7,14,20H,8H2,1H3. The summed E-state index contributed by atoms with van der Waals surface area (Å²) in [4.78, 5) is 0. The summed E-state index contributed by atoms with van der Waals surface area (Å²) < 4.78 is 27.5. The maximum absolute atomic E-state index is 13.7. The van der Waals surface area contributed by atoms with Crippen LogP contribution < -0.4 is 5.32 Å². The molecule has 0 spiro atoms. The van der Waals surface area contributed by atoms with Crippen LogP contribution in [0.5, 0.6) is 0 Å². The van der Waals surface area contributed by atoms with Crippen molar-refractivity contribution in [2.24, 2.45) is 0 Å². The predicted octanol–water partition coefficient (Wildman–Crippen LogP) is 4.77. The van der Waals surface area contributed by atoms with E-state index in [2.05, 4.69) is 5.32 Å². The van der Waals surface area contributed by atoms with Crippen molar-refractivity contribution in [3.05, 3.63) is 69.2 Å². The topological polar surface area (TPSA) is 12.0 Å². The second-order valence-corrected chi connectivity index (χ2v) is 5.20. The molecule has 5 heteroatoms. The molecule has 1 atom stereocenters. The fraction of sp³-hybridized carbons (Fsp3) is 0.200. The number of nitrogens with one attached hydrogen (secondary N) is 1. The molecule has 20 heavy (non-hydrogen) atoms. The van der Waals surface area contributed by atoms with Gasteiger partial charge in [0.15, 0.2) is 0 Å². The molecule has 0 bridgehead atoms. The van der Waals surface area contributed by atoms with E-state index in [0.29, 0.717) is 15.6 Å². The van der Waals surface area contributed by atoms with Gasteiger partial charge >= 0.3 is 0 Å². The summed E-state index contributed by atoms with van der Waals surface area (Å²) in [5.74, 6) is -1.15. The van der Waals surface area contributed by atoms with E-state index in [1.165, 1.54) is 18.2 Å². The molecular formula is C15H13Cl2F2N. The lowest BCUT2D eigenvalue weighted by Crippen LogP contribution is -2.21. The van der Waals surface area contributed by atoms with E-state index in [-0.39, 0.29) is 18.0 Å². The second-order valence-electron chi connectivity index (χ2n) is 4.38. The van der Waals surface area contributed by atoms with Gasteiger partial charge in [-0.2, -0.15) is 0 Å². The maximum atomic E-state index is 13.7. The summed E-state index contributed by atoms with van der Waals surface area (Å²) in [7, 11) is 1.70. The van der Waals surface area contributed by atoms with Crippen LogP contribution >= 0.6 is 23.2 Å². The zero-order valence-corrected chi connectivity index (χ0v) is 12.3. The highest BCUT2D eigenvalue weighted by Crippen LogP contribution is 2.32. The van der Waals surface area contributed by atoms with E-state index in [1.807, 2.05) is 0 Å². The Morgan fingerprint density at radius 2 is 1.50 bits per heavy atom. The number of benzene rings is 2. The van der Waals surface area contributed by atoms with E-state index >= 15 is 0 Å². The molecule has 2 rings (SSSR count). The number of hydrogen-bond donors (Lipinski definition) is 1. The van der Waals surface area contributed by atoms with Gasteiger partial charge in [0, 0.05) is 27.2 Å². The first-order chi connectivity index (χ1) is 9.54. The third-order valence-electron chi connectivity index (χ3n) is 3.17. The van der Waals surface area contributed by atoms with Crippen LogP contribution in [0.4, 0.5) is 8.78 Å². The average molecular weight is 316 g/mol. The summed E-state index contributed by atoms with van der Waals surface area (Å²) >= 11 is 12.3. The van der Waals surface area contributed by atoms with Gasteiger partial charge in [-0.3, -0.25) is 0 Å². The Bertz CT molecular complexity index is 576. The lowest BCUT2D eigenvalue weighted by Gasteiger charge is -2.20. The van der Waals surface area contributed by atoms with Crippen molar-refractivity contribution in [1.29, 1.82) is 0 Å². The number of hydrogen-bond acceptors (Lipinski definition) is 1. The molecule has 0 aliphatic rings. The van der Waals surface area contributed by atoms with Gasteiger partial charge in [0.1, 0.15) is 11.6 Å². The fourth-order valence-electron chi connectivity index (χ4n) is 2.12. The third kappa shape index (κ3) is 3.11. The zero-order valence-electron chi connectivity index (χ0n) is 10.8. The number of halogens is 4. The summed E-state index contributed by atoms with van der Waals surface area (Å²) in [6.45, 7) is 0. The van der Waals surface area contributed by atoms with Crippen LogP contribution in [-0.4, -0.2) is 7.05 Å².